The van der Waals surface area contributed by atoms with Crippen LogP contribution in [0.2, 0.25) is 0 Å². The Morgan fingerprint density at radius 2 is 2.11 bits per heavy atom. The summed E-state index contributed by atoms with van der Waals surface area (Å²) in [4.78, 5) is -0.152. The van der Waals surface area contributed by atoms with E-state index in [4.69, 9.17) is 10.5 Å². The van der Waals surface area contributed by atoms with Gasteiger partial charge in [0.15, 0.2) is 0 Å². The van der Waals surface area contributed by atoms with Gasteiger partial charge >= 0.3 is 0 Å². The van der Waals surface area contributed by atoms with Crippen molar-refractivity contribution in [3.05, 3.63) is 22.7 Å². The highest BCUT2D eigenvalue weighted by molar-refractivity contribution is 9.10. The highest BCUT2D eigenvalue weighted by Gasteiger charge is 2.30. The minimum absolute atomic E-state index is 0.152. The van der Waals surface area contributed by atoms with Gasteiger partial charge in [0.25, 0.3) is 5.92 Å². The quantitative estimate of drug-likeness (QED) is 0.803. The summed E-state index contributed by atoms with van der Waals surface area (Å²) in [5.74, 6) is -2.84. The van der Waals surface area contributed by atoms with E-state index in [-0.39, 0.29) is 9.37 Å². The molecule has 0 aliphatic rings. The van der Waals surface area contributed by atoms with Crippen molar-refractivity contribution in [3.8, 4) is 5.75 Å². The number of benzene rings is 1. The molecule has 9 heteroatoms. The number of methoxy groups -OCH3 is 1. The fraction of sp³-hybridized carbons (Fsp3) is 0.400. The van der Waals surface area contributed by atoms with Crippen molar-refractivity contribution in [1.82, 2.24) is 4.72 Å². The number of nitrogens with one attached hydrogen (secondary N) is 1. The lowest BCUT2D eigenvalue weighted by molar-refractivity contribution is 0.0170. The van der Waals surface area contributed by atoms with Crippen LogP contribution in [0.15, 0.2) is 27.6 Å². The molecule has 0 atom stereocenters. The van der Waals surface area contributed by atoms with Gasteiger partial charge in [0, 0.05) is 4.47 Å². The Kier molecular flexibility index (Phi) is 5.25. The van der Waals surface area contributed by atoms with Gasteiger partial charge in [-0.3, -0.25) is 0 Å². The number of hydrogen-bond donors (Lipinski definition) is 2. The van der Waals surface area contributed by atoms with Crippen LogP contribution in [0.1, 0.15) is 0 Å². The van der Waals surface area contributed by atoms with Gasteiger partial charge in [-0.2, -0.15) is 0 Å². The van der Waals surface area contributed by atoms with E-state index in [1.54, 1.807) is 0 Å². The Balaban J connectivity index is 2.95. The monoisotopic (exact) mass is 358 g/mol. The van der Waals surface area contributed by atoms with E-state index >= 15 is 0 Å². The van der Waals surface area contributed by atoms with Crippen LogP contribution in [0.3, 0.4) is 0 Å². The van der Waals surface area contributed by atoms with Crippen LogP contribution in [0.25, 0.3) is 0 Å². The molecule has 108 valence electrons. The number of nitrogens with two attached hydrogens (primary N) is 1. The Hall–Kier alpha value is -0.770. The Labute approximate surface area is 118 Å². The Bertz CT molecular complexity index is 552. The molecule has 0 aliphatic carbocycles. The molecule has 0 radical (unpaired) electrons. The highest BCUT2D eigenvalue weighted by Crippen LogP contribution is 2.26. The van der Waals surface area contributed by atoms with E-state index in [0.717, 1.165) is 0 Å². The third kappa shape index (κ3) is 4.37. The Morgan fingerprint density at radius 3 is 2.58 bits per heavy atom. The molecule has 0 saturated heterocycles. The van der Waals surface area contributed by atoms with Gasteiger partial charge in [-0.15, -0.1) is 0 Å². The van der Waals surface area contributed by atoms with Crippen molar-refractivity contribution >= 4 is 26.0 Å². The van der Waals surface area contributed by atoms with E-state index in [9.17, 15) is 17.2 Å². The van der Waals surface area contributed by atoms with E-state index in [0.29, 0.717) is 5.75 Å². The minimum atomic E-state index is -4.05. The zero-order valence-electron chi connectivity index (χ0n) is 9.99. The summed E-state index contributed by atoms with van der Waals surface area (Å²) in [5, 5.41) is 0. The van der Waals surface area contributed by atoms with Gasteiger partial charge in [0.1, 0.15) is 5.75 Å². The van der Waals surface area contributed by atoms with Crippen LogP contribution >= 0.6 is 15.9 Å². The molecule has 1 aromatic rings. The first-order valence-corrected chi connectivity index (χ1v) is 7.40. The molecule has 0 fully saturated rings. The first kappa shape index (κ1) is 16.3. The topological polar surface area (TPSA) is 81.4 Å². The van der Waals surface area contributed by atoms with Crippen molar-refractivity contribution in [2.75, 3.05) is 20.2 Å². The highest BCUT2D eigenvalue weighted by atomic mass is 79.9. The van der Waals surface area contributed by atoms with Crippen LogP contribution in [-0.4, -0.2) is 34.5 Å². The van der Waals surface area contributed by atoms with Gasteiger partial charge in [0.2, 0.25) is 10.0 Å². The summed E-state index contributed by atoms with van der Waals surface area (Å²) in [7, 11) is -2.62. The first-order chi connectivity index (χ1) is 8.72. The fourth-order valence-electron chi connectivity index (χ4n) is 1.18. The maximum absolute atomic E-state index is 12.9. The first-order valence-electron chi connectivity index (χ1n) is 5.13. The van der Waals surface area contributed by atoms with Crippen molar-refractivity contribution in [1.29, 1.82) is 0 Å². The number of ether oxygens (including phenoxy) is 1. The molecule has 0 bridgehead atoms. The molecule has 1 aromatic carbocycles. The van der Waals surface area contributed by atoms with Gasteiger partial charge in [-0.1, -0.05) is 0 Å². The van der Waals surface area contributed by atoms with Gasteiger partial charge in [-0.05, 0) is 34.1 Å². The van der Waals surface area contributed by atoms with Gasteiger partial charge in [0.05, 0.1) is 25.1 Å². The smallest absolute Gasteiger partial charge is 0.273 e. The molecule has 5 nitrogen and oxygen atoms in total. The molecule has 0 aromatic heterocycles. The van der Waals surface area contributed by atoms with Crippen molar-refractivity contribution in [2.24, 2.45) is 5.73 Å². The molecule has 0 saturated carbocycles. The van der Waals surface area contributed by atoms with Crippen molar-refractivity contribution in [2.45, 2.75) is 10.8 Å². The molecule has 0 aliphatic heterocycles. The normalized spacial score (nSPS) is 12.5. The molecule has 0 amide bonds. The van der Waals surface area contributed by atoms with Crippen LogP contribution in [0.5, 0.6) is 5.75 Å². The molecular formula is C10H13BrF2N2O3S. The standard InChI is InChI=1S/C10H13BrF2N2O3S/c1-18-7-2-3-9(8(11)4-7)19(16,17)15-6-10(12,13)5-14/h2-4,15H,5-6,14H2,1H3. The summed E-state index contributed by atoms with van der Waals surface area (Å²) in [6.45, 7) is -1.98. The predicted octanol–water partition coefficient (Wildman–Crippen LogP) is 1.33. The summed E-state index contributed by atoms with van der Waals surface area (Å²) in [6.07, 6.45) is 0. The minimum Gasteiger partial charge on any atom is -0.497 e. The zero-order valence-corrected chi connectivity index (χ0v) is 12.4. The summed E-state index contributed by atoms with van der Waals surface area (Å²) >= 11 is 3.05. The number of sulfonamides is 1. The van der Waals surface area contributed by atoms with Crippen LogP contribution < -0.4 is 15.2 Å². The van der Waals surface area contributed by atoms with E-state index < -0.39 is 29.0 Å². The van der Waals surface area contributed by atoms with Gasteiger partial charge < -0.3 is 10.5 Å². The van der Waals surface area contributed by atoms with Crippen LogP contribution in [0.4, 0.5) is 8.78 Å². The second-order valence-corrected chi connectivity index (χ2v) is 6.27. The van der Waals surface area contributed by atoms with Crippen LogP contribution in [-0.2, 0) is 10.0 Å². The SMILES string of the molecule is COc1ccc(S(=O)(=O)NCC(F)(F)CN)c(Br)c1. The fourth-order valence-corrected chi connectivity index (χ4v) is 3.29. The molecular weight excluding hydrogens is 346 g/mol. The lowest BCUT2D eigenvalue weighted by Gasteiger charge is -2.15. The third-order valence-electron chi connectivity index (χ3n) is 2.25. The summed E-state index contributed by atoms with van der Waals surface area (Å²) in [5.41, 5.74) is 4.83. The number of hydrogen-bond acceptors (Lipinski definition) is 4. The number of halogens is 3. The van der Waals surface area contributed by atoms with E-state index in [1.165, 1.54) is 25.3 Å². The Morgan fingerprint density at radius 1 is 1.47 bits per heavy atom. The summed E-state index contributed by atoms with van der Waals surface area (Å²) < 4.78 is 56.5. The van der Waals surface area contributed by atoms with Crippen molar-refractivity contribution < 1.29 is 21.9 Å². The zero-order chi connectivity index (χ0) is 14.7. The largest absolute Gasteiger partial charge is 0.497 e. The molecule has 1 rings (SSSR count). The summed E-state index contributed by atoms with van der Waals surface area (Å²) in [6, 6.07) is 4.10. The average Bonchev–Trinajstić information content (AvgIpc) is 2.36. The second-order valence-electron chi connectivity index (χ2n) is 3.68. The van der Waals surface area contributed by atoms with Gasteiger partial charge in [-0.25, -0.2) is 21.9 Å². The van der Waals surface area contributed by atoms with Crippen LogP contribution in [0, 0.1) is 0 Å². The number of alkyl halides is 2. The maximum atomic E-state index is 12.9. The molecule has 19 heavy (non-hydrogen) atoms. The second kappa shape index (κ2) is 6.12. The lowest BCUT2D eigenvalue weighted by Crippen LogP contribution is -2.41. The number of rotatable bonds is 6. The molecule has 0 unspecified atom stereocenters. The predicted molar refractivity (Wildman–Crippen MR) is 69.9 cm³/mol. The maximum Gasteiger partial charge on any atom is 0.273 e. The molecule has 0 spiro atoms. The van der Waals surface area contributed by atoms with E-state index in [2.05, 4.69) is 15.9 Å². The third-order valence-corrected chi connectivity index (χ3v) is 4.63. The molecule has 0 heterocycles. The van der Waals surface area contributed by atoms with Crippen molar-refractivity contribution in [3.63, 3.8) is 0 Å². The van der Waals surface area contributed by atoms with E-state index in [1.807, 2.05) is 4.72 Å². The lowest BCUT2D eigenvalue weighted by atomic mass is 10.3. The molecule has 3 N–H and O–H groups in total. The average molecular weight is 359 g/mol.